The molecule has 0 fully saturated rings. The van der Waals surface area contributed by atoms with Crippen LogP contribution in [-0.2, 0) is 11.3 Å². The Morgan fingerprint density at radius 1 is 1.25 bits per heavy atom. The molecule has 0 spiro atoms. The Morgan fingerprint density at radius 2 is 2.00 bits per heavy atom. The Labute approximate surface area is 144 Å². The summed E-state index contributed by atoms with van der Waals surface area (Å²) in [5, 5.41) is 2.01. The molecule has 7 heteroatoms. The van der Waals surface area contributed by atoms with Gasteiger partial charge in [0.05, 0.1) is 13.7 Å². The summed E-state index contributed by atoms with van der Waals surface area (Å²) in [5.74, 6) is 0.0400. The van der Waals surface area contributed by atoms with Crippen LogP contribution in [0.15, 0.2) is 29.6 Å². The van der Waals surface area contributed by atoms with Crippen LogP contribution in [0.2, 0.25) is 0 Å². The van der Waals surface area contributed by atoms with Crippen molar-refractivity contribution in [3.8, 4) is 11.5 Å². The quantitative estimate of drug-likeness (QED) is 0.832. The summed E-state index contributed by atoms with van der Waals surface area (Å²) in [6.07, 6.45) is 0. The van der Waals surface area contributed by atoms with E-state index in [-0.39, 0.29) is 12.5 Å². The summed E-state index contributed by atoms with van der Waals surface area (Å²) in [4.78, 5) is 26.2. The monoisotopic (exact) mass is 348 g/mol. The average Bonchev–Trinajstić information content (AvgIpc) is 2.96. The maximum Gasteiger partial charge on any atom is 0.255 e. The fourth-order valence-corrected chi connectivity index (χ4v) is 3.10. The lowest BCUT2D eigenvalue weighted by molar-refractivity contribution is -0.119. The predicted molar refractivity (Wildman–Crippen MR) is 92.5 cm³/mol. The van der Waals surface area contributed by atoms with Gasteiger partial charge >= 0.3 is 0 Å². The number of benzene rings is 1. The van der Waals surface area contributed by atoms with Crippen molar-refractivity contribution in [2.24, 2.45) is 5.73 Å². The first-order valence-electron chi connectivity index (χ1n) is 7.30. The van der Waals surface area contributed by atoms with Crippen LogP contribution >= 0.6 is 11.3 Å². The number of hydrogen-bond donors (Lipinski definition) is 1. The molecule has 0 aliphatic heterocycles. The SMILES string of the molecule is COc1cc(C(=O)N(C)Cc2sccc2C)ccc1OCC(N)=O. The largest absolute Gasteiger partial charge is 0.493 e. The molecule has 0 saturated heterocycles. The summed E-state index contributed by atoms with van der Waals surface area (Å²) in [6.45, 7) is 2.32. The summed E-state index contributed by atoms with van der Waals surface area (Å²) in [6, 6.07) is 6.86. The molecule has 2 aromatic rings. The molecule has 0 bridgehead atoms. The molecule has 0 unspecified atom stereocenters. The van der Waals surface area contributed by atoms with Crippen LogP contribution in [0.3, 0.4) is 0 Å². The van der Waals surface area contributed by atoms with E-state index in [4.69, 9.17) is 15.2 Å². The lowest BCUT2D eigenvalue weighted by atomic mass is 10.1. The number of carbonyl (C=O) groups excluding carboxylic acids is 2. The number of aryl methyl sites for hydroxylation is 1. The molecule has 0 radical (unpaired) electrons. The van der Waals surface area contributed by atoms with Crippen molar-refractivity contribution in [2.75, 3.05) is 20.8 Å². The zero-order valence-electron chi connectivity index (χ0n) is 13.9. The Kier molecular flexibility index (Phi) is 5.81. The highest BCUT2D eigenvalue weighted by molar-refractivity contribution is 7.10. The summed E-state index contributed by atoms with van der Waals surface area (Å²) < 4.78 is 10.5. The number of hydrogen-bond acceptors (Lipinski definition) is 5. The molecule has 6 nitrogen and oxygen atoms in total. The molecule has 1 aromatic carbocycles. The van der Waals surface area contributed by atoms with Gasteiger partial charge in [-0.15, -0.1) is 11.3 Å². The molecular weight excluding hydrogens is 328 g/mol. The molecule has 0 aliphatic rings. The Bertz CT molecular complexity index is 742. The Morgan fingerprint density at radius 3 is 2.58 bits per heavy atom. The second kappa shape index (κ2) is 7.83. The van der Waals surface area contributed by atoms with Gasteiger partial charge in [-0.25, -0.2) is 0 Å². The minimum Gasteiger partial charge on any atom is -0.493 e. The molecule has 128 valence electrons. The summed E-state index contributed by atoms with van der Waals surface area (Å²) in [5.41, 5.74) is 6.72. The smallest absolute Gasteiger partial charge is 0.255 e. The number of ether oxygens (including phenoxy) is 2. The van der Waals surface area contributed by atoms with E-state index < -0.39 is 5.91 Å². The second-order valence-electron chi connectivity index (χ2n) is 5.31. The van der Waals surface area contributed by atoms with E-state index in [1.807, 2.05) is 18.4 Å². The van der Waals surface area contributed by atoms with Gasteiger partial charge in [-0.2, -0.15) is 0 Å². The van der Waals surface area contributed by atoms with E-state index in [1.165, 1.54) is 12.7 Å². The molecule has 24 heavy (non-hydrogen) atoms. The molecule has 2 amide bonds. The summed E-state index contributed by atoms with van der Waals surface area (Å²) in [7, 11) is 3.23. The molecule has 1 aromatic heterocycles. The standard InChI is InChI=1S/C17H20N2O4S/c1-11-6-7-24-15(11)9-19(2)17(21)12-4-5-13(14(8-12)22-3)23-10-16(18)20/h4-8H,9-10H2,1-3H3,(H2,18,20). The van der Waals surface area contributed by atoms with Crippen molar-refractivity contribution in [3.63, 3.8) is 0 Å². The number of nitrogens with zero attached hydrogens (tertiary/aromatic N) is 1. The fraction of sp³-hybridized carbons (Fsp3) is 0.294. The van der Waals surface area contributed by atoms with Gasteiger partial charge in [0.2, 0.25) is 0 Å². The number of nitrogens with two attached hydrogens (primary N) is 1. The highest BCUT2D eigenvalue weighted by Gasteiger charge is 2.16. The number of thiophene rings is 1. The van der Waals surface area contributed by atoms with Crippen molar-refractivity contribution in [2.45, 2.75) is 13.5 Å². The van der Waals surface area contributed by atoms with Crippen molar-refractivity contribution in [1.29, 1.82) is 0 Å². The highest BCUT2D eigenvalue weighted by Crippen LogP contribution is 2.29. The van der Waals surface area contributed by atoms with Crippen LogP contribution in [0, 0.1) is 6.92 Å². The Balaban J connectivity index is 2.14. The zero-order valence-corrected chi connectivity index (χ0v) is 14.7. The van der Waals surface area contributed by atoms with Crippen molar-refractivity contribution in [3.05, 3.63) is 45.6 Å². The van der Waals surface area contributed by atoms with E-state index in [0.29, 0.717) is 23.6 Å². The normalized spacial score (nSPS) is 10.3. The van der Waals surface area contributed by atoms with Crippen molar-refractivity contribution >= 4 is 23.2 Å². The molecule has 1 heterocycles. The van der Waals surface area contributed by atoms with Gasteiger partial charge in [0.25, 0.3) is 11.8 Å². The van der Waals surface area contributed by atoms with E-state index in [2.05, 4.69) is 0 Å². The van der Waals surface area contributed by atoms with Gasteiger partial charge in [0, 0.05) is 17.5 Å². The van der Waals surface area contributed by atoms with Crippen LogP contribution in [-0.4, -0.2) is 37.5 Å². The van der Waals surface area contributed by atoms with E-state index in [9.17, 15) is 9.59 Å². The minimum absolute atomic E-state index is 0.123. The van der Waals surface area contributed by atoms with Crippen molar-refractivity contribution < 1.29 is 19.1 Å². The fourth-order valence-electron chi connectivity index (χ4n) is 2.14. The lowest BCUT2D eigenvalue weighted by Gasteiger charge is -2.18. The van der Waals surface area contributed by atoms with E-state index >= 15 is 0 Å². The first-order valence-corrected chi connectivity index (χ1v) is 8.18. The van der Waals surface area contributed by atoms with E-state index in [1.54, 1.807) is 41.5 Å². The third-order valence-corrected chi connectivity index (χ3v) is 4.48. The molecule has 0 aliphatic carbocycles. The third-order valence-electron chi connectivity index (χ3n) is 3.48. The van der Waals surface area contributed by atoms with Gasteiger partial charge in [-0.3, -0.25) is 9.59 Å². The van der Waals surface area contributed by atoms with Crippen molar-refractivity contribution in [1.82, 2.24) is 4.90 Å². The third kappa shape index (κ3) is 4.26. The van der Waals surface area contributed by atoms with Gasteiger partial charge in [0.15, 0.2) is 18.1 Å². The van der Waals surface area contributed by atoms with Gasteiger partial charge in [0.1, 0.15) is 0 Å². The first-order chi connectivity index (χ1) is 11.4. The van der Waals surface area contributed by atoms with Crippen LogP contribution < -0.4 is 15.2 Å². The molecule has 2 rings (SSSR count). The van der Waals surface area contributed by atoms with Crippen LogP contribution in [0.4, 0.5) is 0 Å². The zero-order chi connectivity index (χ0) is 17.7. The Hall–Kier alpha value is -2.54. The highest BCUT2D eigenvalue weighted by atomic mass is 32.1. The molecule has 0 saturated carbocycles. The van der Waals surface area contributed by atoms with Gasteiger partial charge < -0.3 is 20.1 Å². The number of methoxy groups -OCH3 is 1. The average molecular weight is 348 g/mol. The van der Waals surface area contributed by atoms with Gasteiger partial charge in [-0.05, 0) is 42.1 Å². The number of amides is 2. The van der Waals surface area contributed by atoms with Crippen LogP contribution in [0.5, 0.6) is 11.5 Å². The van der Waals surface area contributed by atoms with Crippen LogP contribution in [0.25, 0.3) is 0 Å². The number of primary amides is 1. The molecule has 0 atom stereocenters. The van der Waals surface area contributed by atoms with E-state index in [0.717, 1.165) is 4.88 Å². The number of carbonyl (C=O) groups is 2. The second-order valence-corrected chi connectivity index (χ2v) is 6.31. The van der Waals surface area contributed by atoms with Crippen LogP contribution in [0.1, 0.15) is 20.8 Å². The number of rotatable bonds is 7. The maximum absolute atomic E-state index is 12.6. The topological polar surface area (TPSA) is 81.9 Å². The summed E-state index contributed by atoms with van der Waals surface area (Å²) >= 11 is 1.63. The molecule has 2 N–H and O–H groups in total. The predicted octanol–water partition coefficient (Wildman–Crippen LogP) is 2.20. The van der Waals surface area contributed by atoms with Gasteiger partial charge in [-0.1, -0.05) is 0 Å². The maximum atomic E-state index is 12.6. The lowest BCUT2D eigenvalue weighted by Crippen LogP contribution is -2.26. The first kappa shape index (κ1) is 17.8. The minimum atomic E-state index is -0.580. The molecular formula is C17H20N2O4S.